The average Bonchev–Trinajstić information content (AvgIpc) is 2.99. The summed E-state index contributed by atoms with van der Waals surface area (Å²) in [6.07, 6.45) is 3.30. The van der Waals surface area contributed by atoms with Gasteiger partial charge in [0.15, 0.2) is 0 Å². The van der Waals surface area contributed by atoms with Crippen LogP contribution >= 0.6 is 0 Å². The summed E-state index contributed by atoms with van der Waals surface area (Å²) in [5, 5.41) is 2.89. The minimum absolute atomic E-state index is 0.0170. The number of rotatable bonds is 5. The number of hydrogen-bond donors (Lipinski definition) is 1. The Morgan fingerprint density at radius 3 is 2.79 bits per heavy atom. The number of halogens is 1. The van der Waals surface area contributed by atoms with Crippen LogP contribution in [0.25, 0.3) is 0 Å². The molecule has 1 saturated carbocycles. The van der Waals surface area contributed by atoms with Gasteiger partial charge in [0.25, 0.3) is 5.91 Å². The van der Waals surface area contributed by atoms with Crippen molar-refractivity contribution >= 4 is 11.8 Å². The van der Waals surface area contributed by atoms with Crippen LogP contribution < -0.4 is 5.32 Å². The SMILES string of the molecule is C[C@@H]1CCC[C@@]2(C1)OC[C@@H](C(=O)NCCN(C)C)N2C(=O)c1ccccc1F. The highest BCUT2D eigenvalue weighted by Crippen LogP contribution is 2.43. The molecule has 1 heterocycles. The maximum absolute atomic E-state index is 14.4. The molecule has 0 unspecified atom stereocenters. The van der Waals surface area contributed by atoms with Gasteiger partial charge in [0.05, 0.1) is 12.2 Å². The van der Waals surface area contributed by atoms with Gasteiger partial charge in [0, 0.05) is 13.1 Å². The molecule has 0 radical (unpaired) electrons. The van der Waals surface area contributed by atoms with E-state index >= 15 is 0 Å². The Labute approximate surface area is 166 Å². The number of benzene rings is 1. The van der Waals surface area contributed by atoms with Crippen molar-refractivity contribution in [2.24, 2.45) is 5.92 Å². The fourth-order valence-corrected chi connectivity index (χ4v) is 4.29. The van der Waals surface area contributed by atoms with Gasteiger partial charge in [0.2, 0.25) is 5.91 Å². The lowest BCUT2D eigenvalue weighted by Gasteiger charge is -2.43. The molecular formula is C21H30FN3O3. The highest BCUT2D eigenvalue weighted by Gasteiger charge is 2.54. The van der Waals surface area contributed by atoms with Gasteiger partial charge in [-0.2, -0.15) is 0 Å². The van der Waals surface area contributed by atoms with Gasteiger partial charge < -0.3 is 15.0 Å². The molecule has 0 bridgehead atoms. The molecular weight excluding hydrogens is 361 g/mol. The van der Waals surface area contributed by atoms with Crippen molar-refractivity contribution in [1.82, 2.24) is 15.1 Å². The zero-order valence-electron chi connectivity index (χ0n) is 16.9. The Hall–Kier alpha value is -1.99. The number of ether oxygens (including phenoxy) is 1. The van der Waals surface area contributed by atoms with E-state index in [4.69, 9.17) is 4.74 Å². The molecule has 1 aromatic rings. The van der Waals surface area contributed by atoms with E-state index in [9.17, 15) is 14.0 Å². The lowest BCUT2D eigenvalue weighted by molar-refractivity contribution is -0.128. The lowest BCUT2D eigenvalue weighted by atomic mass is 9.83. The lowest BCUT2D eigenvalue weighted by Crippen LogP contribution is -2.57. The van der Waals surface area contributed by atoms with Crippen LogP contribution in [0.1, 0.15) is 43.0 Å². The first-order chi connectivity index (χ1) is 13.3. The molecule has 7 heteroatoms. The monoisotopic (exact) mass is 391 g/mol. The van der Waals surface area contributed by atoms with Crippen molar-refractivity contribution in [3.05, 3.63) is 35.6 Å². The third kappa shape index (κ3) is 4.20. The highest BCUT2D eigenvalue weighted by atomic mass is 19.1. The Morgan fingerprint density at radius 1 is 1.36 bits per heavy atom. The molecule has 1 spiro atoms. The Bertz CT molecular complexity index is 727. The molecule has 28 heavy (non-hydrogen) atoms. The summed E-state index contributed by atoms with van der Waals surface area (Å²) in [7, 11) is 3.86. The first kappa shape index (κ1) is 20.7. The van der Waals surface area contributed by atoms with Crippen molar-refractivity contribution in [3.63, 3.8) is 0 Å². The molecule has 154 valence electrons. The van der Waals surface area contributed by atoms with Crippen molar-refractivity contribution in [2.45, 2.75) is 44.4 Å². The molecule has 1 aromatic carbocycles. The Balaban J connectivity index is 1.88. The first-order valence-corrected chi connectivity index (χ1v) is 9.98. The minimum atomic E-state index is -0.833. The molecule has 3 rings (SSSR count). The summed E-state index contributed by atoms with van der Waals surface area (Å²) >= 11 is 0. The third-order valence-electron chi connectivity index (χ3n) is 5.68. The molecule has 2 fully saturated rings. The predicted octanol–water partition coefficient (Wildman–Crippen LogP) is 2.25. The number of nitrogens with one attached hydrogen (secondary N) is 1. The van der Waals surface area contributed by atoms with Crippen molar-refractivity contribution in [3.8, 4) is 0 Å². The highest BCUT2D eigenvalue weighted by molar-refractivity contribution is 5.98. The van der Waals surface area contributed by atoms with Crippen LogP contribution in [0.4, 0.5) is 4.39 Å². The zero-order valence-corrected chi connectivity index (χ0v) is 16.9. The van der Waals surface area contributed by atoms with Crippen LogP contribution in [-0.2, 0) is 9.53 Å². The summed E-state index contributed by atoms with van der Waals surface area (Å²) in [4.78, 5) is 29.7. The van der Waals surface area contributed by atoms with E-state index < -0.39 is 23.5 Å². The van der Waals surface area contributed by atoms with Crippen LogP contribution in [0.3, 0.4) is 0 Å². The van der Waals surface area contributed by atoms with E-state index in [0.29, 0.717) is 31.8 Å². The largest absolute Gasteiger partial charge is 0.353 e. The number of amides is 2. The smallest absolute Gasteiger partial charge is 0.259 e. The maximum Gasteiger partial charge on any atom is 0.259 e. The first-order valence-electron chi connectivity index (χ1n) is 9.98. The fourth-order valence-electron chi connectivity index (χ4n) is 4.29. The fraction of sp³-hybridized carbons (Fsp3) is 0.619. The molecule has 1 aliphatic carbocycles. The van der Waals surface area contributed by atoms with Gasteiger partial charge in [-0.15, -0.1) is 0 Å². The predicted molar refractivity (Wildman–Crippen MR) is 104 cm³/mol. The average molecular weight is 391 g/mol. The van der Waals surface area contributed by atoms with Gasteiger partial charge in [-0.1, -0.05) is 25.5 Å². The number of likely N-dealkylation sites (N-methyl/N-ethyl adjacent to an activating group) is 1. The van der Waals surface area contributed by atoms with Gasteiger partial charge in [-0.3, -0.25) is 14.5 Å². The van der Waals surface area contributed by atoms with Gasteiger partial charge in [0.1, 0.15) is 17.6 Å². The summed E-state index contributed by atoms with van der Waals surface area (Å²) in [5.74, 6) is -0.926. The van der Waals surface area contributed by atoms with Crippen LogP contribution in [0, 0.1) is 11.7 Å². The van der Waals surface area contributed by atoms with Gasteiger partial charge >= 0.3 is 0 Å². The summed E-state index contributed by atoms with van der Waals surface area (Å²) in [5.41, 5.74) is -0.850. The number of carbonyl (C=O) groups is 2. The zero-order chi connectivity index (χ0) is 20.3. The van der Waals surface area contributed by atoms with Gasteiger partial charge in [-0.05, 0) is 51.4 Å². The van der Waals surface area contributed by atoms with E-state index in [1.54, 1.807) is 12.1 Å². The van der Waals surface area contributed by atoms with E-state index in [-0.39, 0.29) is 18.1 Å². The maximum atomic E-state index is 14.4. The minimum Gasteiger partial charge on any atom is -0.353 e. The van der Waals surface area contributed by atoms with Crippen molar-refractivity contribution < 1.29 is 18.7 Å². The molecule has 0 aromatic heterocycles. The third-order valence-corrected chi connectivity index (χ3v) is 5.68. The van der Waals surface area contributed by atoms with Crippen LogP contribution in [0.15, 0.2) is 24.3 Å². The van der Waals surface area contributed by atoms with Crippen molar-refractivity contribution in [2.75, 3.05) is 33.8 Å². The quantitative estimate of drug-likeness (QED) is 0.836. The Kier molecular flexibility index (Phi) is 6.35. The Morgan fingerprint density at radius 2 is 2.11 bits per heavy atom. The van der Waals surface area contributed by atoms with Crippen molar-refractivity contribution in [1.29, 1.82) is 0 Å². The second-order valence-corrected chi connectivity index (χ2v) is 8.22. The molecule has 1 N–H and O–H groups in total. The van der Waals surface area contributed by atoms with E-state index in [1.807, 2.05) is 19.0 Å². The van der Waals surface area contributed by atoms with E-state index in [0.717, 1.165) is 12.8 Å². The molecule has 6 nitrogen and oxygen atoms in total. The summed E-state index contributed by atoms with van der Waals surface area (Å²) in [6, 6.07) is 5.18. The standard InChI is InChI=1S/C21H30FN3O3/c1-15-7-6-10-21(13-15)25(20(27)16-8-4-5-9-17(16)22)18(14-28-21)19(26)23-11-12-24(2)3/h4-5,8-9,15,18H,6-7,10-14H2,1-3H3,(H,23,26)/t15-,18+,21+/m1/s1. The van der Waals surface area contributed by atoms with E-state index in [2.05, 4.69) is 12.2 Å². The molecule has 2 aliphatic rings. The molecule has 1 saturated heterocycles. The van der Waals surface area contributed by atoms with Gasteiger partial charge in [-0.25, -0.2) is 4.39 Å². The number of nitrogens with zero attached hydrogens (tertiary/aromatic N) is 2. The number of hydrogen-bond acceptors (Lipinski definition) is 4. The second kappa shape index (κ2) is 8.57. The second-order valence-electron chi connectivity index (χ2n) is 8.22. The summed E-state index contributed by atoms with van der Waals surface area (Å²) in [6.45, 7) is 3.44. The normalized spacial score (nSPS) is 27.4. The van der Waals surface area contributed by atoms with E-state index in [1.165, 1.54) is 17.0 Å². The van der Waals surface area contributed by atoms with Crippen LogP contribution in [0.5, 0.6) is 0 Å². The molecule has 1 aliphatic heterocycles. The van der Waals surface area contributed by atoms with Crippen LogP contribution in [-0.4, -0.2) is 67.2 Å². The summed E-state index contributed by atoms with van der Waals surface area (Å²) < 4.78 is 20.5. The van der Waals surface area contributed by atoms with Crippen LogP contribution in [0.2, 0.25) is 0 Å². The number of carbonyl (C=O) groups excluding carboxylic acids is 2. The molecule has 3 atom stereocenters. The molecule has 2 amide bonds. The topological polar surface area (TPSA) is 61.9 Å².